The van der Waals surface area contributed by atoms with Crippen LogP contribution >= 0.6 is 0 Å². The number of amides is 1. The Labute approximate surface area is 129 Å². The van der Waals surface area contributed by atoms with E-state index in [0.29, 0.717) is 11.0 Å². The summed E-state index contributed by atoms with van der Waals surface area (Å²) in [6.45, 7) is 0.290. The Hall–Kier alpha value is -1.20. The van der Waals surface area contributed by atoms with Crippen molar-refractivity contribution in [3.05, 3.63) is 29.8 Å². The van der Waals surface area contributed by atoms with Crippen molar-refractivity contribution in [1.82, 2.24) is 5.32 Å². The molecule has 2 rings (SSSR count). The maximum Gasteiger partial charge on any atom is 0.238 e. The number of hydrogen-bond donors (Lipinski definition) is 2. The van der Waals surface area contributed by atoms with Crippen molar-refractivity contribution < 1.29 is 9.00 Å². The number of benzene rings is 1. The molecule has 1 unspecified atom stereocenters. The third kappa shape index (κ3) is 5.25. The highest BCUT2D eigenvalue weighted by atomic mass is 32.2. The van der Waals surface area contributed by atoms with Gasteiger partial charge < -0.3 is 10.6 Å². The molecule has 1 saturated carbocycles. The molecule has 0 radical (unpaired) electrons. The normalized spacial score (nSPS) is 17.4. The van der Waals surface area contributed by atoms with E-state index in [2.05, 4.69) is 10.6 Å². The molecule has 1 fully saturated rings. The van der Waals surface area contributed by atoms with Crippen molar-refractivity contribution in [1.29, 1.82) is 0 Å². The zero-order chi connectivity index (χ0) is 15.1. The Morgan fingerprint density at radius 3 is 2.76 bits per heavy atom. The summed E-state index contributed by atoms with van der Waals surface area (Å²) in [5.74, 6) is 0.517. The van der Waals surface area contributed by atoms with Gasteiger partial charge in [-0.2, -0.15) is 0 Å². The van der Waals surface area contributed by atoms with Crippen LogP contribution in [0.1, 0.15) is 37.7 Å². The molecule has 21 heavy (non-hydrogen) atoms. The van der Waals surface area contributed by atoms with Gasteiger partial charge in [-0.15, -0.1) is 0 Å². The molecule has 0 bridgehead atoms. The number of likely N-dealkylation sites (N-methyl/N-ethyl adjacent to an activating group) is 1. The van der Waals surface area contributed by atoms with Crippen LogP contribution in [0, 0.1) is 0 Å². The first-order chi connectivity index (χ1) is 10.2. The van der Waals surface area contributed by atoms with Crippen LogP contribution in [-0.4, -0.2) is 29.0 Å². The number of carbonyl (C=O) groups excluding carboxylic acids is 1. The summed E-state index contributed by atoms with van der Waals surface area (Å²) in [6, 6.07) is 7.67. The highest BCUT2D eigenvalue weighted by molar-refractivity contribution is 7.84. The Balaban J connectivity index is 1.93. The Morgan fingerprint density at radius 1 is 1.29 bits per heavy atom. The van der Waals surface area contributed by atoms with Crippen LogP contribution in [0.15, 0.2) is 24.3 Å². The fourth-order valence-corrected chi connectivity index (χ4v) is 4.32. The highest BCUT2D eigenvalue weighted by Gasteiger charge is 2.19. The summed E-state index contributed by atoms with van der Waals surface area (Å²) in [4.78, 5) is 11.6. The van der Waals surface area contributed by atoms with Crippen LogP contribution in [0.4, 0.5) is 5.69 Å². The van der Waals surface area contributed by atoms with Gasteiger partial charge in [0, 0.05) is 27.5 Å². The van der Waals surface area contributed by atoms with Gasteiger partial charge in [0.15, 0.2) is 0 Å². The summed E-state index contributed by atoms with van der Waals surface area (Å²) in [5, 5.41) is 6.00. The predicted octanol–water partition coefficient (Wildman–Crippen LogP) is 2.43. The van der Waals surface area contributed by atoms with Crippen LogP contribution in [0.2, 0.25) is 0 Å². The first-order valence-electron chi connectivity index (χ1n) is 7.59. The fourth-order valence-electron chi connectivity index (χ4n) is 2.71. The summed E-state index contributed by atoms with van der Waals surface area (Å²) in [5.41, 5.74) is 1.80. The van der Waals surface area contributed by atoms with Crippen molar-refractivity contribution in [2.75, 3.05) is 18.9 Å². The minimum absolute atomic E-state index is 0.0666. The van der Waals surface area contributed by atoms with Gasteiger partial charge in [0.1, 0.15) is 0 Å². The van der Waals surface area contributed by atoms with E-state index in [0.717, 1.165) is 24.1 Å². The molecule has 0 heterocycles. The average Bonchev–Trinajstić information content (AvgIpc) is 2.48. The van der Waals surface area contributed by atoms with Crippen LogP contribution in [0.25, 0.3) is 0 Å². The van der Waals surface area contributed by atoms with E-state index in [1.165, 1.54) is 19.3 Å². The van der Waals surface area contributed by atoms with E-state index in [1.54, 1.807) is 7.05 Å². The number of hydrogen-bond acceptors (Lipinski definition) is 3. The van der Waals surface area contributed by atoms with Gasteiger partial charge in [-0.1, -0.05) is 31.4 Å². The molecular weight excluding hydrogens is 284 g/mol. The Morgan fingerprint density at radius 2 is 2.05 bits per heavy atom. The maximum absolute atomic E-state index is 12.4. The lowest BCUT2D eigenvalue weighted by Crippen LogP contribution is -2.25. The van der Waals surface area contributed by atoms with Gasteiger partial charge in [0.25, 0.3) is 0 Å². The Kier molecular flexibility index (Phi) is 6.39. The monoisotopic (exact) mass is 308 g/mol. The molecule has 5 heteroatoms. The lowest BCUT2D eigenvalue weighted by molar-refractivity contribution is -0.115. The van der Waals surface area contributed by atoms with E-state index >= 15 is 0 Å². The van der Waals surface area contributed by atoms with Crippen molar-refractivity contribution >= 4 is 22.4 Å². The van der Waals surface area contributed by atoms with Crippen molar-refractivity contribution in [3.8, 4) is 0 Å². The zero-order valence-corrected chi connectivity index (χ0v) is 13.4. The van der Waals surface area contributed by atoms with Gasteiger partial charge in [-0.3, -0.25) is 9.00 Å². The highest BCUT2D eigenvalue weighted by Crippen LogP contribution is 2.24. The second-order valence-electron chi connectivity index (χ2n) is 5.56. The SMILES string of the molecule is CNCC(=O)Nc1cccc(CS(=O)C2CCCCC2)c1. The average molecular weight is 308 g/mol. The largest absolute Gasteiger partial charge is 0.325 e. The Bertz CT molecular complexity index is 499. The van der Waals surface area contributed by atoms with E-state index < -0.39 is 10.8 Å². The number of carbonyl (C=O) groups is 1. The van der Waals surface area contributed by atoms with E-state index in [-0.39, 0.29) is 12.5 Å². The third-order valence-electron chi connectivity index (χ3n) is 3.78. The molecular formula is C16H24N2O2S. The summed E-state index contributed by atoms with van der Waals surface area (Å²) in [6.07, 6.45) is 5.87. The van der Waals surface area contributed by atoms with Gasteiger partial charge in [0.05, 0.1) is 6.54 Å². The molecule has 0 saturated heterocycles. The van der Waals surface area contributed by atoms with Crippen LogP contribution < -0.4 is 10.6 Å². The predicted molar refractivity (Wildman–Crippen MR) is 87.7 cm³/mol. The maximum atomic E-state index is 12.4. The molecule has 0 spiro atoms. The molecule has 0 aromatic heterocycles. The fraction of sp³-hybridized carbons (Fsp3) is 0.562. The van der Waals surface area contributed by atoms with Crippen molar-refractivity contribution in [2.24, 2.45) is 0 Å². The molecule has 4 nitrogen and oxygen atoms in total. The lowest BCUT2D eigenvalue weighted by atomic mass is 10.0. The molecule has 2 N–H and O–H groups in total. The molecule has 1 amide bonds. The van der Waals surface area contributed by atoms with Crippen LogP contribution in [-0.2, 0) is 21.3 Å². The minimum atomic E-state index is -0.807. The van der Waals surface area contributed by atoms with E-state index in [9.17, 15) is 9.00 Å². The van der Waals surface area contributed by atoms with E-state index in [4.69, 9.17) is 0 Å². The molecule has 1 aromatic carbocycles. The molecule has 116 valence electrons. The third-order valence-corrected chi connectivity index (χ3v) is 5.61. The summed E-state index contributed by atoms with van der Waals surface area (Å²) >= 11 is 0. The lowest BCUT2D eigenvalue weighted by Gasteiger charge is -2.21. The second kappa shape index (κ2) is 8.29. The summed E-state index contributed by atoms with van der Waals surface area (Å²) < 4.78 is 12.4. The van der Waals surface area contributed by atoms with Crippen molar-refractivity contribution in [3.63, 3.8) is 0 Å². The van der Waals surface area contributed by atoms with Gasteiger partial charge in [0.2, 0.25) is 5.91 Å². The van der Waals surface area contributed by atoms with E-state index in [1.807, 2.05) is 24.3 Å². The number of rotatable bonds is 6. The smallest absolute Gasteiger partial charge is 0.238 e. The van der Waals surface area contributed by atoms with Gasteiger partial charge >= 0.3 is 0 Å². The van der Waals surface area contributed by atoms with Gasteiger partial charge in [-0.05, 0) is 37.6 Å². The first kappa shape index (κ1) is 16.2. The summed E-state index contributed by atoms with van der Waals surface area (Å²) in [7, 11) is 0.933. The minimum Gasteiger partial charge on any atom is -0.325 e. The standard InChI is InChI=1S/C16H24N2O2S/c1-17-11-16(19)18-14-7-5-6-13(10-14)12-21(20)15-8-3-2-4-9-15/h5-7,10,15,17H,2-4,8-9,11-12H2,1H3,(H,18,19). The quantitative estimate of drug-likeness (QED) is 0.848. The molecule has 1 aliphatic carbocycles. The molecule has 1 aromatic rings. The number of anilines is 1. The van der Waals surface area contributed by atoms with Crippen LogP contribution in [0.3, 0.4) is 0 Å². The molecule has 1 atom stereocenters. The topological polar surface area (TPSA) is 58.2 Å². The zero-order valence-electron chi connectivity index (χ0n) is 12.6. The second-order valence-corrected chi connectivity index (χ2v) is 7.28. The molecule has 1 aliphatic rings. The van der Waals surface area contributed by atoms with Crippen molar-refractivity contribution in [2.45, 2.75) is 43.1 Å². The molecule has 0 aliphatic heterocycles. The first-order valence-corrected chi connectivity index (χ1v) is 8.98. The van der Waals surface area contributed by atoms with Crippen LogP contribution in [0.5, 0.6) is 0 Å². The van der Waals surface area contributed by atoms with Gasteiger partial charge in [-0.25, -0.2) is 0 Å². The number of nitrogens with one attached hydrogen (secondary N) is 2.